The Labute approximate surface area is 176 Å². The minimum atomic E-state index is -1.62. The van der Waals surface area contributed by atoms with Crippen molar-refractivity contribution in [3.05, 3.63) is 71.3 Å². The molecule has 0 bridgehead atoms. The van der Waals surface area contributed by atoms with E-state index in [4.69, 9.17) is 14.2 Å². The van der Waals surface area contributed by atoms with E-state index in [1.807, 2.05) is 37.3 Å². The SMILES string of the molecule is COC(=O)C1(C(=O)OC)C[C@@H](c2ccc(C)cc2)OC[C@@H]1CC(=O)c1ccccc1. The van der Waals surface area contributed by atoms with Crippen molar-refractivity contribution in [1.82, 2.24) is 0 Å². The van der Waals surface area contributed by atoms with Crippen molar-refractivity contribution in [2.45, 2.75) is 25.9 Å². The number of hydrogen-bond acceptors (Lipinski definition) is 6. The van der Waals surface area contributed by atoms with E-state index < -0.39 is 29.4 Å². The molecule has 1 heterocycles. The maximum atomic E-state index is 13.0. The Morgan fingerprint density at radius 1 is 0.967 bits per heavy atom. The van der Waals surface area contributed by atoms with Gasteiger partial charge in [0.25, 0.3) is 0 Å². The highest BCUT2D eigenvalue weighted by Crippen LogP contribution is 2.47. The van der Waals surface area contributed by atoms with Gasteiger partial charge in [0.05, 0.1) is 26.9 Å². The van der Waals surface area contributed by atoms with E-state index in [1.165, 1.54) is 14.2 Å². The number of Topliss-reactive ketones (excluding diaryl/α,β-unsaturated/α-hetero) is 1. The number of carbonyl (C=O) groups excluding carboxylic acids is 3. The van der Waals surface area contributed by atoms with E-state index in [-0.39, 0.29) is 25.2 Å². The van der Waals surface area contributed by atoms with Crippen LogP contribution in [0.25, 0.3) is 0 Å². The Morgan fingerprint density at radius 2 is 1.57 bits per heavy atom. The maximum Gasteiger partial charge on any atom is 0.323 e. The number of benzene rings is 2. The first kappa shape index (κ1) is 21.7. The van der Waals surface area contributed by atoms with Crippen molar-refractivity contribution in [2.24, 2.45) is 11.3 Å². The summed E-state index contributed by atoms with van der Waals surface area (Å²) >= 11 is 0. The fraction of sp³-hybridized carbons (Fsp3) is 0.375. The van der Waals surface area contributed by atoms with Crippen molar-refractivity contribution in [1.29, 1.82) is 0 Å². The summed E-state index contributed by atoms with van der Waals surface area (Å²) in [5.41, 5.74) is 0.836. The van der Waals surface area contributed by atoms with Crippen LogP contribution in [0.4, 0.5) is 0 Å². The van der Waals surface area contributed by atoms with Crippen LogP contribution < -0.4 is 0 Å². The largest absolute Gasteiger partial charge is 0.468 e. The molecule has 6 nitrogen and oxygen atoms in total. The van der Waals surface area contributed by atoms with Crippen LogP contribution in [-0.4, -0.2) is 38.5 Å². The molecule has 6 heteroatoms. The molecule has 30 heavy (non-hydrogen) atoms. The third kappa shape index (κ3) is 4.14. The Kier molecular flexibility index (Phi) is 6.67. The molecule has 0 aliphatic carbocycles. The number of hydrogen-bond donors (Lipinski definition) is 0. The summed E-state index contributed by atoms with van der Waals surface area (Å²) in [5.74, 6) is -2.29. The predicted molar refractivity (Wildman–Crippen MR) is 110 cm³/mol. The highest BCUT2D eigenvalue weighted by molar-refractivity contribution is 6.02. The lowest BCUT2D eigenvalue weighted by molar-refractivity contribution is -0.189. The lowest BCUT2D eigenvalue weighted by Crippen LogP contribution is -2.53. The summed E-state index contributed by atoms with van der Waals surface area (Å²) in [5, 5.41) is 0. The van der Waals surface area contributed by atoms with Crippen LogP contribution in [-0.2, 0) is 23.8 Å². The first-order valence-corrected chi connectivity index (χ1v) is 9.85. The van der Waals surface area contributed by atoms with Gasteiger partial charge in [0.15, 0.2) is 11.2 Å². The zero-order chi connectivity index (χ0) is 21.7. The molecule has 0 saturated carbocycles. The van der Waals surface area contributed by atoms with Gasteiger partial charge in [-0.1, -0.05) is 60.2 Å². The highest BCUT2D eigenvalue weighted by Gasteiger charge is 2.58. The van der Waals surface area contributed by atoms with Gasteiger partial charge in [-0.2, -0.15) is 0 Å². The summed E-state index contributed by atoms with van der Waals surface area (Å²) in [6, 6.07) is 16.5. The molecule has 1 aliphatic heterocycles. The number of esters is 2. The van der Waals surface area contributed by atoms with Crippen LogP contribution in [0.2, 0.25) is 0 Å². The lowest BCUT2D eigenvalue weighted by atomic mass is 9.67. The van der Waals surface area contributed by atoms with Crippen molar-refractivity contribution >= 4 is 17.7 Å². The van der Waals surface area contributed by atoms with E-state index >= 15 is 0 Å². The molecule has 1 fully saturated rings. The van der Waals surface area contributed by atoms with Crippen molar-refractivity contribution in [2.75, 3.05) is 20.8 Å². The average Bonchev–Trinajstić information content (AvgIpc) is 2.79. The summed E-state index contributed by atoms with van der Waals surface area (Å²) in [6.07, 6.45) is -0.483. The molecule has 2 atom stereocenters. The zero-order valence-electron chi connectivity index (χ0n) is 17.4. The number of aryl methyl sites for hydroxylation is 1. The molecule has 0 unspecified atom stereocenters. The molecule has 0 radical (unpaired) electrons. The van der Waals surface area contributed by atoms with Gasteiger partial charge in [0, 0.05) is 24.3 Å². The highest BCUT2D eigenvalue weighted by atomic mass is 16.5. The number of carbonyl (C=O) groups is 3. The van der Waals surface area contributed by atoms with Crippen molar-refractivity contribution in [3.8, 4) is 0 Å². The van der Waals surface area contributed by atoms with E-state index in [0.717, 1.165) is 11.1 Å². The molecule has 158 valence electrons. The Morgan fingerprint density at radius 3 is 2.13 bits per heavy atom. The third-order valence-corrected chi connectivity index (χ3v) is 5.78. The van der Waals surface area contributed by atoms with Crippen LogP contribution in [0, 0.1) is 18.3 Å². The smallest absolute Gasteiger partial charge is 0.323 e. The van der Waals surface area contributed by atoms with Gasteiger partial charge in [-0.05, 0) is 12.5 Å². The van der Waals surface area contributed by atoms with Gasteiger partial charge in [-0.25, -0.2) is 0 Å². The fourth-order valence-electron chi connectivity index (χ4n) is 4.03. The van der Waals surface area contributed by atoms with Crippen LogP contribution in [0.1, 0.15) is 40.4 Å². The Bertz CT molecular complexity index is 887. The monoisotopic (exact) mass is 410 g/mol. The topological polar surface area (TPSA) is 78.9 Å². The summed E-state index contributed by atoms with van der Waals surface area (Å²) in [4.78, 5) is 38.8. The van der Waals surface area contributed by atoms with Crippen LogP contribution >= 0.6 is 0 Å². The number of ether oxygens (including phenoxy) is 3. The van der Waals surface area contributed by atoms with Crippen molar-refractivity contribution < 1.29 is 28.6 Å². The molecule has 2 aromatic rings. The van der Waals surface area contributed by atoms with E-state index in [1.54, 1.807) is 24.3 Å². The molecular weight excluding hydrogens is 384 g/mol. The second-order valence-electron chi connectivity index (χ2n) is 7.58. The molecular formula is C24H26O6. The average molecular weight is 410 g/mol. The molecule has 3 rings (SSSR count). The predicted octanol–water partition coefficient (Wildman–Crippen LogP) is 3.68. The fourth-order valence-corrected chi connectivity index (χ4v) is 4.03. The molecule has 0 amide bonds. The normalized spacial score (nSPS) is 20.2. The minimum Gasteiger partial charge on any atom is -0.468 e. The second kappa shape index (κ2) is 9.22. The van der Waals surface area contributed by atoms with Crippen LogP contribution in [0.15, 0.2) is 54.6 Å². The molecule has 2 aromatic carbocycles. The standard InChI is InChI=1S/C24H26O6/c1-16-9-11-18(12-10-16)21-14-24(22(26)28-2,23(27)29-3)19(15-30-21)13-20(25)17-7-5-4-6-8-17/h4-12,19,21H,13-15H2,1-3H3/t19-,21-/m0/s1. The van der Waals surface area contributed by atoms with E-state index in [9.17, 15) is 14.4 Å². The number of rotatable bonds is 6. The second-order valence-corrected chi connectivity index (χ2v) is 7.58. The summed E-state index contributed by atoms with van der Waals surface area (Å²) in [7, 11) is 2.47. The first-order valence-electron chi connectivity index (χ1n) is 9.85. The summed E-state index contributed by atoms with van der Waals surface area (Å²) in [6.45, 7) is 2.03. The van der Waals surface area contributed by atoms with Crippen molar-refractivity contribution in [3.63, 3.8) is 0 Å². The van der Waals surface area contributed by atoms with E-state index in [0.29, 0.717) is 5.56 Å². The zero-order valence-corrected chi connectivity index (χ0v) is 17.4. The van der Waals surface area contributed by atoms with Crippen LogP contribution in [0.5, 0.6) is 0 Å². The minimum absolute atomic E-state index is 0.0329. The molecule has 0 N–H and O–H groups in total. The van der Waals surface area contributed by atoms with E-state index in [2.05, 4.69) is 0 Å². The van der Waals surface area contributed by atoms with Gasteiger partial charge in [-0.3, -0.25) is 14.4 Å². The van der Waals surface area contributed by atoms with Gasteiger partial charge in [-0.15, -0.1) is 0 Å². The van der Waals surface area contributed by atoms with Gasteiger partial charge < -0.3 is 14.2 Å². The van der Waals surface area contributed by atoms with Gasteiger partial charge in [0.2, 0.25) is 0 Å². The molecule has 1 aliphatic rings. The third-order valence-electron chi connectivity index (χ3n) is 5.78. The number of methoxy groups -OCH3 is 2. The molecule has 0 spiro atoms. The summed E-state index contributed by atoms with van der Waals surface area (Å²) < 4.78 is 16.1. The lowest BCUT2D eigenvalue weighted by Gasteiger charge is -2.42. The first-order chi connectivity index (χ1) is 14.4. The molecule has 1 saturated heterocycles. The van der Waals surface area contributed by atoms with Gasteiger partial charge in [0.1, 0.15) is 0 Å². The quantitative estimate of drug-likeness (QED) is 0.411. The van der Waals surface area contributed by atoms with Crippen LogP contribution in [0.3, 0.4) is 0 Å². The van der Waals surface area contributed by atoms with Gasteiger partial charge >= 0.3 is 11.9 Å². The Balaban J connectivity index is 1.96. The number of ketones is 1. The molecule has 0 aromatic heterocycles. The Hall–Kier alpha value is -2.99. The maximum absolute atomic E-state index is 13.0.